The Morgan fingerprint density at radius 2 is 1.70 bits per heavy atom. The zero-order valence-corrected chi connectivity index (χ0v) is 15.1. The summed E-state index contributed by atoms with van der Waals surface area (Å²) < 4.78 is 8.88. The minimum Gasteiger partial charge on any atom is -0.780 e. The van der Waals surface area contributed by atoms with Gasteiger partial charge in [-0.05, 0) is 0 Å². The third-order valence-corrected chi connectivity index (χ3v) is 6.64. The van der Waals surface area contributed by atoms with Crippen LogP contribution in [0.4, 0.5) is 0 Å². The van der Waals surface area contributed by atoms with Gasteiger partial charge in [-0.1, -0.05) is 30.3 Å². The predicted octanol–water partition coefficient (Wildman–Crippen LogP) is 2.44. The van der Waals surface area contributed by atoms with Crippen LogP contribution in [0.3, 0.4) is 0 Å². The van der Waals surface area contributed by atoms with Crippen molar-refractivity contribution in [2.75, 3.05) is 14.2 Å². The molecule has 0 heterocycles. The second-order valence-corrected chi connectivity index (χ2v) is 10.7. The molecule has 0 aliphatic rings. The maximum absolute atomic E-state index is 11.2. The van der Waals surface area contributed by atoms with Gasteiger partial charge in [0.25, 0.3) is 0 Å². The van der Waals surface area contributed by atoms with E-state index in [1.165, 1.54) is 14.2 Å². The van der Waals surface area contributed by atoms with Crippen molar-refractivity contribution in [3.63, 3.8) is 0 Å². The van der Waals surface area contributed by atoms with Crippen LogP contribution < -0.4 is 0 Å². The minimum absolute atomic E-state index is 0.158. The van der Waals surface area contributed by atoms with Crippen LogP contribution in [0.25, 0.3) is 0 Å². The number of methoxy groups -OCH3 is 2. The summed E-state index contributed by atoms with van der Waals surface area (Å²) in [6.07, 6.45) is 0.158. The molecule has 1 radical (unpaired) electrons. The van der Waals surface area contributed by atoms with Gasteiger partial charge in [0.05, 0.1) is 0 Å². The van der Waals surface area contributed by atoms with E-state index >= 15 is 0 Å². The van der Waals surface area contributed by atoms with E-state index in [0.29, 0.717) is 0 Å². The van der Waals surface area contributed by atoms with Gasteiger partial charge in [0, 0.05) is 0 Å². The van der Waals surface area contributed by atoms with Crippen molar-refractivity contribution in [2.45, 2.75) is 27.6 Å². The van der Waals surface area contributed by atoms with Gasteiger partial charge in [0.2, 0.25) is 0 Å². The van der Waals surface area contributed by atoms with E-state index in [2.05, 4.69) is 9.47 Å². The first-order chi connectivity index (χ1) is 9.42. The summed E-state index contributed by atoms with van der Waals surface area (Å²) in [6.45, 7) is 0. The van der Waals surface area contributed by atoms with E-state index < -0.39 is 14.3 Å². The Morgan fingerprint density at radius 3 is 2.00 bits per heavy atom. The number of esters is 2. The van der Waals surface area contributed by atoms with Crippen molar-refractivity contribution in [2.24, 2.45) is 0 Å². The molecule has 1 rings (SSSR count). The second-order valence-electron chi connectivity index (χ2n) is 4.25. The Morgan fingerprint density at radius 1 is 1.15 bits per heavy atom. The Hall–Kier alpha value is -1.08. The molecule has 0 spiro atoms. The molecule has 0 saturated carbocycles. The quantitative estimate of drug-likeness (QED) is 0.471. The molecule has 1 atom stereocenters. The molecule has 20 heavy (non-hydrogen) atoms. The average molecular weight is 357 g/mol. The third kappa shape index (κ3) is 8.17. The summed E-state index contributed by atoms with van der Waals surface area (Å²) in [5, 5.41) is 0. The first-order valence-electron chi connectivity index (χ1n) is 6.09. The van der Waals surface area contributed by atoms with Gasteiger partial charge in [-0.3, -0.25) is 0 Å². The molecule has 111 valence electrons. The molecule has 0 N–H and O–H groups in total. The van der Waals surface area contributed by atoms with Crippen LogP contribution in [0.2, 0.25) is 16.3 Å². The van der Waals surface area contributed by atoms with Crippen LogP contribution in [-0.4, -0.2) is 40.5 Å². The van der Waals surface area contributed by atoms with Crippen molar-refractivity contribution < 1.29 is 19.1 Å². The Balaban J connectivity index is 0.000000428. The van der Waals surface area contributed by atoms with Crippen LogP contribution in [0.15, 0.2) is 35.2 Å². The first kappa shape index (κ1) is 18.9. The number of hydrogen-bond donors (Lipinski definition) is 0. The minimum atomic E-state index is -1.46. The number of hydrogen-bond acceptors (Lipinski definition) is 5. The van der Waals surface area contributed by atoms with E-state index in [4.69, 9.17) is 12.6 Å². The van der Waals surface area contributed by atoms with Crippen LogP contribution in [0, 0.1) is 0 Å². The van der Waals surface area contributed by atoms with Gasteiger partial charge in [0.15, 0.2) is 0 Å². The number of rotatable bonds is 4. The van der Waals surface area contributed by atoms with Crippen molar-refractivity contribution in [1.29, 1.82) is 0 Å². The van der Waals surface area contributed by atoms with E-state index in [-0.39, 0.29) is 23.1 Å². The van der Waals surface area contributed by atoms with Crippen molar-refractivity contribution >= 4 is 38.9 Å². The predicted molar refractivity (Wildman–Crippen MR) is 82.0 cm³/mol. The van der Waals surface area contributed by atoms with E-state index in [9.17, 15) is 9.59 Å². The Bertz CT molecular complexity index is 409. The van der Waals surface area contributed by atoms with Gasteiger partial charge in [0.1, 0.15) is 0 Å². The molecule has 4 nitrogen and oxygen atoms in total. The van der Waals surface area contributed by atoms with Gasteiger partial charge in [-0.2, -0.15) is 4.90 Å². The number of carbonyl (C=O) groups is 2. The summed E-state index contributed by atoms with van der Waals surface area (Å²) >= 11 is 3.35. The van der Waals surface area contributed by atoms with E-state index in [1.807, 2.05) is 41.8 Å². The fourth-order valence-electron chi connectivity index (χ4n) is 1.34. The molecule has 1 unspecified atom stereocenters. The molecule has 0 aromatic heterocycles. The first-order valence-corrected chi connectivity index (χ1v) is 11.9. The van der Waals surface area contributed by atoms with Gasteiger partial charge in [-0.25, -0.2) is 0 Å². The van der Waals surface area contributed by atoms with Crippen LogP contribution in [0.1, 0.15) is 6.42 Å². The fourth-order valence-corrected chi connectivity index (χ4v) is 3.94. The zero-order chi connectivity index (χ0) is 15.5. The second kappa shape index (κ2) is 10.7. The van der Waals surface area contributed by atoms with Crippen LogP contribution in [-0.2, 0) is 31.7 Å². The molecular formula is C14H20GeO4S-. The molecule has 0 aliphatic heterocycles. The molecule has 6 heteroatoms. The molecule has 0 fully saturated rings. The summed E-state index contributed by atoms with van der Waals surface area (Å²) in [5.41, 5.74) is 0. The van der Waals surface area contributed by atoms with E-state index in [1.54, 1.807) is 0 Å². The van der Waals surface area contributed by atoms with Crippen molar-refractivity contribution in [1.82, 2.24) is 0 Å². The number of ether oxygens (including phenoxy) is 2. The number of carbonyl (C=O) groups excluding carboxylic acids is 2. The molecule has 0 aliphatic carbocycles. The molecule has 1 aromatic carbocycles. The Kier molecular flexibility index (Phi) is 10.1. The molecule has 0 amide bonds. The SMILES string of the molecule is COC(=O)C[CH](C(=O)OC)[Ge]([CH3])[CH3].[S-]c1ccccc1. The normalized spacial score (nSPS) is 11.1. The van der Waals surface area contributed by atoms with Gasteiger partial charge >= 0.3 is 82.3 Å². The van der Waals surface area contributed by atoms with Gasteiger partial charge < -0.3 is 12.6 Å². The number of benzene rings is 1. The maximum Gasteiger partial charge on any atom is -0.0624 e. The van der Waals surface area contributed by atoms with Crippen molar-refractivity contribution in [3.05, 3.63) is 30.3 Å². The summed E-state index contributed by atoms with van der Waals surface area (Å²) in [7, 11) is 2.66. The summed E-state index contributed by atoms with van der Waals surface area (Å²) in [6, 6.07) is 9.62. The summed E-state index contributed by atoms with van der Waals surface area (Å²) in [5.74, 6) is 3.43. The topological polar surface area (TPSA) is 52.6 Å². The monoisotopic (exact) mass is 358 g/mol. The smallest absolute Gasteiger partial charge is 0.0624 e. The van der Waals surface area contributed by atoms with Crippen molar-refractivity contribution in [3.8, 4) is 0 Å². The van der Waals surface area contributed by atoms with Crippen LogP contribution >= 0.6 is 0 Å². The standard InChI is InChI=1S/C8H15GeO4.C6H6S/c1-9(2)6(8(11)13-4)5-7(10)12-3;7-6-4-2-1-3-5-6/h6H,5H2,1-4H3;1-5,7H/p-1. The molecular weight excluding hydrogens is 337 g/mol. The molecule has 0 bridgehead atoms. The van der Waals surface area contributed by atoms with Crippen LogP contribution in [0.5, 0.6) is 0 Å². The average Bonchev–Trinajstić information content (AvgIpc) is 2.44. The molecule has 1 aromatic rings. The molecule has 0 saturated heterocycles. The Labute approximate surface area is 130 Å². The zero-order valence-electron chi connectivity index (χ0n) is 12.2. The summed E-state index contributed by atoms with van der Waals surface area (Å²) in [4.78, 5) is 23.1. The largest absolute Gasteiger partial charge is 0.780 e. The van der Waals surface area contributed by atoms with E-state index in [0.717, 1.165) is 4.90 Å². The third-order valence-electron chi connectivity index (χ3n) is 2.52. The maximum atomic E-state index is 11.2. The fraction of sp³-hybridized carbons (Fsp3) is 0.429. The van der Waals surface area contributed by atoms with Gasteiger partial charge in [-0.15, -0.1) is 0 Å².